The zero-order chi connectivity index (χ0) is 11.9. The standard InChI is InChI=1S/C9H12O.CH4O3S/c1-2-9(10)8-6-4-3-5-7-8;1-5(2,3)4/h3-7,9-10H,2H2,1H3;1H3,(H,2,3,4). The van der Waals surface area contributed by atoms with Crippen molar-refractivity contribution < 1.29 is 18.1 Å². The van der Waals surface area contributed by atoms with Crippen LogP contribution in [0.1, 0.15) is 25.0 Å². The number of hydrogen-bond donors (Lipinski definition) is 2. The van der Waals surface area contributed by atoms with Gasteiger partial charge in [-0.25, -0.2) is 0 Å². The van der Waals surface area contributed by atoms with Crippen molar-refractivity contribution in [2.24, 2.45) is 0 Å². The fraction of sp³-hybridized carbons (Fsp3) is 0.400. The molecule has 0 saturated heterocycles. The van der Waals surface area contributed by atoms with Crippen LogP contribution in [-0.2, 0) is 10.1 Å². The van der Waals surface area contributed by atoms with Crippen molar-refractivity contribution in [1.82, 2.24) is 0 Å². The number of hydrogen-bond acceptors (Lipinski definition) is 3. The Morgan fingerprint density at radius 3 is 2.00 bits per heavy atom. The summed E-state index contributed by atoms with van der Waals surface area (Å²) in [5.41, 5.74) is 1.00. The highest BCUT2D eigenvalue weighted by Gasteiger charge is 2.00. The quantitative estimate of drug-likeness (QED) is 0.760. The smallest absolute Gasteiger partial charge is 0.261 e. The van der Waals surface area contributed by atoms with E-state index < -0.39 is 10.1 Å². The molecule has 1 unspecified atom stereocenters. The van der Waals surface area contributed by atoms with Crippen molar-refractivity contribution in [3.05, 3.63) is 35.9 Å². The molecule has 0 aliphatic rings. The Balaban J connectivity index is 0.000000336. The van der Waals surface area contributed by atoms with Gasteiger partial charge in [-0.15, -0.1) is 0 Å². The molecule has 1 aromatic rings. The normalized spacial score (nSPS) is 12.5. The second-order valence-corrected chi connectivity index (χ2v) is 4.53. The largest absolute Gasteiger partial charge is 0.388 e. The van der Waals surface area contributed by atoms with Gasteiger partial charge in [0, 0.05) is 0 Å². The first-order chi connectivity index (χ1) is 6.84. The summed E-state index contributed by atoms with van der Waals surface area (Å²) in [5.74, 6) is 0. The van der Waals surface area contributed by atoms with Gasteiger partial charge >= 0.3 is 0 Å². The number of benzene rings is 1. The first-order valence-electron chi connectivity index (χ1n) is 4.50. The zero-order valence-electron chi connectivity index (χ0n) is 8.79. The molecule has 0 amide bonds. The SMILES string of the molecule is CCC(O)c1ccccc1.CS(=O)(=O)O. The van der Waals surface area contributed by atoms with Crippen molar-refractivity contribution in [3.8, 4) is 0 Å². The second-order valence-electron chi connectivity index (χ2n) is 3.07. The summed E-state index contributed by atoms with van der Waals surface area (Å²) < 4.78 is 25.9. The monoisotopic (exact) mass is 232 g/mol. The number of aliphatic hydroxyl groups is 1. The molecular weight excluding hydrogens is 216 g/mol. The summed E-state index contributed by atoms with van der Waals surface area (Å²) in [4.78, 5) is 0. The van der Waals surface area contributed by atoms with E-state index >= 15 is 0 Å². The van der Waals surface area contributed by atoms with Gasteiger partial charge in [0.05, 0.1) is 12.4 Å². The first kappa shape index (κ1) is 14.1. The Hall–Kier alpha value is -0.910. The predicted molar refractivity (Wildman–Crippen MR) is 59.2 cm³/mol. The lowest BCUT2D eigenvalue weighted by atomic mass is 10.1. The molecule has 86 valence electrons. The second kappa shape index (κ2) is 6.55. The average Bonchev–Trinajstić information content (AvgIpc) is 2.15. The lowest BCUT2D eigenvalue weighted by Gasteiger charge is -2.05. The topological polar surface area (TPSA) is 74.6 Å². The van der Waals surface area contributed by atoms with Gasteiger partial charge in [0.1, 0.15) is 0 Å². The number of aliphatic hydroxyl groups excluding tert-OH is 1. The van der Waals surface area contributed by atoms with Crippen molar-refractivity contribution in [2.45, 2.75) is 19.4 Å². The fourth-order valence-electron chi connectivity index (χ4n) is 0.911. The summed E-state index contributed by atoms with van der Waals surface area (Å²) in [7, 11) is -3.67. The van der Waals surface area contributed by atoms with E-state index in [1.807, 2.05) is 37.3 Å². The molecule has 0 fully saturated rings. The molecule has 1 rings (SSSR count). The summed E-state index contributed by atoms with van der Waals surface area (Å²) in [6.07, 6.45) is 1.21. The Morgan fingerprint density at radius 1 is 1.27 bits per heavy atom. The lowest BCUT2D eigenvalue weighted by Crippen LogP contribution is -1.93. The van der Waals surface area contributed by atoms with E-state index in [2.05, 4.69) is 0 Å². The molecule has 15 heavy (non-hydrogen) atoms. The van der Waals surface area contributed by atoms with Gasteiger partial charge < -0.3 is 5.11 Å². The third-order valence-corrected chi connectivity index (χ3v) is 1.57. The molecule has 0 radical (unpaired) electrons. The number of rotatable bonds is 2. The molecule has 0 aliphatic carbocycles. The van der Waals surface area contributed by atoms with Crippen LogP contribution in [0.25, 0.3) is 0 Å². The van der Waals surface area contributed by atoms with E-state index in [9.17, 15) is 13.5 Å². The maximum absolute atomic E-state index is 9.33. The van der Waals surface area contributed by atoms with E-state index in [-0.39, 0.29) is 6.10 Å². The minimum absolute atomic E-state index is 0.291. The molecule has 0 aromatic heterocycles. The van der Waals surface area contributed by atoms with Crippen LogP contribution < -0.4 is 0 Å². The van der Waals surface area contributed by atoms with Crippen molar-refractivity contribution in [1.29, 1.82) is 0 Å². The van der Waals surface area contributed by atoms with Crippen LogP contribution in [0.2, 0.25) is 0 Å². The summed E-state index contributed by atoms with van der Waals surface area (Å²) in [5, 5.41) is 9.33. The average molecular weight is 232 g/mol. The van der Waals surface area contributed by atoms with Gasteiger partial charge in [0.15, 0.2) is 0 Å². The molecule has 0 spiro atoms. The van der Waals surface area contributed by atoms with Crippen LogP contribution >= 0.6 is 0 Å². The van der Waals surface area contributed by atoms with Gasteiger partial charge in [-0.2, -0.15) is 8.42 Å². The van der Waals surface area contributed by atoms with Crippen LogP contribution in [0.5, 0.6) is 0 Å². The van der Waals surface area contributed by atoms with E-state index in [4.69, 9.17) is 4.55 Å². The highest BCUT2D eigenvalue weighted by Crippen LogP contribution is 2.14. The minimum Gasteiger partial charge on any atom is -0.388 e. The van der Waals surface area contributed by atoms with Gasteiger partial charge in [-0.05, 0) is 12.0 Å². The summed E-state index contributed by atoms with van der Waals surface area (Å²) in [6.45, 7) is 1.97. The summed E-state index contributed by atoms with van der Waals surface area (Å²) in [6, 6.07) is 9.70. The molecule has 5 heteroatoms. The first-order valence-corrected chi connectivity index (χ1v) is 6.35. The van der Waals surface area contributed by atoms with Crippen LogP contribution in [0.15, 0.2) is 30.3 Å². The highest BCUT2D eigenvalue weighted by molar-refractivity contribution is 7.85. The van der Waals surface area contributed by atoms with Crippen molar-refractivity contribution in [3.63, 3.8) is 0 Å². The molecule has 0 saturated carbocycles. The maximum Gasteiger partial charge on any atom is 0.261 e. The van der Waals surface area contributed by atoms with E-state index in [1.165, 1.54) is 0 Å². The Morgan fingerprint density at radius 2 is 1.67 bits per heavy atom. The lowest BCUT2D eigenvalue weighted by molar-refractivity contribution is 0.173. The van der Waals surface area contributed by atoms with E-state index in [0.29, 0.717) is 6.26 Å². The molecule has 2 N–H and O–H groups in total. The molecule has 4 nitrogen and oxygen atoms in total. The van der Waals surface area contributed by atoms with Crippen LogP contribution in [-0.4, -0.2) is 24.3 Å². The van der Waals surface area contributed by atoms with Crippen molar-refractivity contribution >= 4 is 10.1 Å². The van der Waals surface area contributed by atoms with Gasteiger partial charge in [-0.1, -0.05) is 37.3 Å². The summed E-state index contributed by atoms with van der Waals surface area (Å²) >= 11 is 0. The van der Waals surface area contributed by atoms with Crippen LogP contribution in [0.3, 0.4) is 0 Å². The molecule has 1 atom stereocenters. The van der Waals surface area contributed by atoms with E-state index in [0.717, 1.165) is 12.0 Å². The predicted octanol–water partition coefficient (Wildman–Crippen LogP) is 1.63. The third-order valence-electron chi connectivity index (χ3n) is 1.57. The molecule has 0 heterocycles. The molecule has 0 bridgehead atoms. The Labute approximate surface area is 90.3 Å². The van der Waals surface area contributed by atoms with Crippen molar-refractivity contribution in [2.75, 3.05) is 6.26 Å². The highest BCUT2D eigenvalue weighted by atomic mass is 32.2. The third kappa shape index (κ3) is 9.40. The van der Waals surface area contributed by atoms with Gasteiger partial charge in [-0.3, -0.25) is 4.55 Å². The Kier molecular flexibility index (Phi) is 6.15. The maximum atomic E-state index is 9.33. The van der Waals surface area contributed by atoms with E-state index in [1.54, 1.807) is 0 Å². The van der Waals surface area contributed by atoms with Crippen LogP contribution in [0, 0.1) is 0 Å². The molecule has 1 aromatic carbocycles. The van der Waals surface area contributed by atoms with Gasteiger partial charge in [0.25, 0.3) is 10.1 Å². The Bertz CT molecular complexity index is 350. The molecule has 0 aliphatic heterocycles. The minimum atomic E-state index is -3.67. The van der Waals surface area contributed by atoms with Gasteiger partial charge in [0.2, 0.25) is 0 Å². The molecular formula is C10H16O4S. The van der Waals surface area contributed by atoms with Crippen LogP contribution in [0.4, 0.5) is 0 Å². The fourth-order valence-corrected chi connectivity index (χ4v) is 0.911. The zero-order valence-corrected chi connectivity index (χ0v) is 9.61.